The van der Waals surface area contributed by atoms with Gasteiger partial charge in [-0.2, -0.15) is 0 Å². The van der Waals surface area contributed by atoms with Gasteiger partial charge in [0.2, 0.25) is 0 Å². The smallest absolute Gasteiger partial charge is 0.338 e. The number of esters is 2. The minimum absolute atomic E-state index is 0.111. The van der Waals surface area contributed by atoms with Crippen LogP contribution in [0.1, 0.15) is 73.4 Å². The van der Waals surface area contributed by atoms with Crippen LogP contribution in [-0.4, -0.2) is 46.1 Å². The highest BCUT2D eigenvalue weighted by Crippen LogP contribution is 2.31. The van der Waals surface area contributed by atoms with E-state index in [-0.39, 0.29) is 22.0 Å². The molecule has 8 heteroatoms. The Morgan fingerprint density at radius 3 is 1.18 bits per heavy atom. The highest BCUT2D eigenvalue weighted by molar-refractivity contribution is 5.94. The molecule has 0 aliphatic carbocycles. The summed E-state index contributed by atoms with van der Waals surface area (Å²) < 4.78 is 10.0. The Kier molecular flexibility index (Phi) is 7.82. The molecule has 0 atom stereocenters. The van der Waals surface area contributed by atoms with Gasteiger partial charge in [-0.15, -0.1) is 0 Å². The number of aromatic nitrogens is 4. The van der Waals surface area contributed by atoms with Crippen molar-refractivity contribution in [2.45, 2.75) is 52.4 Å². The average molecular weight is 539 g/mol. The van der Waals surface area contributed by atoms with E-state index in [1.807, 2.05) is 24.3 Å². The van der Waals surface area contributed by atoms with Crippen molar-refractivity contribution >= 4 is 11.9 Å². The molecule has 4 rings (SSSR count). The predicted molar refractivity (Wildman–Crippen MR) is 154 cm³/mol. The highest BCUT2D eigenvalue weighted by Gasteiger charge is 2.21. The first-order valence-corrected chi connectivity index (χ1v) is 12.9. The fraction of sp³-hybridized carbons (Fsp3) is 0.312. The van der Waals surface area contributed by atoms with Gasteiger partial charge in [0.05, 0.1) is 59.5 Å². The lowest BCUT2D eigenvalue weighted by Gasteiger charge is -2.19. The van der Waals surface area contributed by atoms with Gasteiger partial charge in [0.1, 0.15) is 0 Å². The van der Waals surface area contributed by atoms with Gasteiger partial charge in [0.25, 0.3) is 0 Å². The Bertz CT molecular complexity index is 1460. The number of hydrogen-bond acceptors (Lipinski definition) is 8. The van der Waals surface area contributed by atoms with Gasteiger partial charge < -0.3 is 9.47 Å². The van der Waals surface area contributed by atoms with E-state index in [2.05, 4.69) is 51.5 Å². The second-order valence-electron chi connectivity index (χ2n) is 11.6. The van der Waals surface area contributed by atoms with Crippen LogP contribution < -0.4 is 0 Å². The van der Waals surface area contributed by atoms with Gasteiger partial charge in [0.15, 0.2) is 0 Å². The fourth-order valence-corrected chi connectivity index (χ4v) is 4.13. The van der Waals surface area contributed by atoms with E-state index in [9.17, 15) is 9.59 Å². The van der Waals surface area contributed by atoms with Crippen molar-refractivity contribution in [3.63, 3.8) is 0 Å². The number of carbonyl (C=O) groups is 2. The van der Waals surface area contributed by atoms with Crippen LogP contribution in [0.3, 0.4) is 0 Å². The number of rotatable bonds is 5. The molecule has 0 spiro atoms. The van der Waals surface area contributed by atoms with Crippen molar-refractivity contribution in [3.8, 4) is 34.2 Å². The van der Waals surface area contributed by atoms with Crippen LogP contribution in [-0.2, 0) is 20.3 Å². The molecule has 0 radical (unpaired) electrons. The first-order chi connectivity index (χ1) is 18.8. The van der Waals surface area contributed by atoms with Crippen LogP contribution in [0.5, 0.6) is 0 Å². The summed E-state index contributed by atoms with van der Waals surface area (Å²) in [6, 6.07) is 14.3. The monoisotopic (exact) mass is 538 g/mol. The number of hydrogen-bond donors (Lipinski definition) is 0. The Hall–Kier alpha value is -4.46. The summed E-state index contributed by atoms with van der Waals surface area (Å²) in [4.78, 5) is 44.0. The molecular weight excluding hydrogens is 504 g/mol. The number of nitrogens with zero attached hydrogens (tertiary/aromatic N) is 4. The Morgan fingerprint density at radius 2 is 0.875 bits per heavy atom. The molecule has 0 bridgehead atoms. The number of methoxy groups -OCH3 is 2. The molecule has 4 aromatic heterocycles. The van der Waals surface area contributed by atoms with Gasteiger partial charge in [-0.25, -0.2) is 19.6 Å². The third-order valence-corrected chi connectivity index (χ3v) is 6.53. The molecule has 8 nitrogen and oxygen atoms in total. The van der Waals surface area contributed by atoms with Gasteiger partial charge >= 0.3 is 11.9 Å². The summed E-state index contributed by atoms with van der Waals surface area (Å²) in [6.45, 7) is 12.7. The molecule has 40 heavy (non-hydrogen) atoms. The maximum Gasteiger partial charge on any atom is 0.338 e. The summed E-state index contributed by atoms with van der Waals surface area (Å²) in [7, 11) is 2.64. The molecule has 4 aromatic rings. The van der Waals surface area contributed by atoms with E-state index >= 15 is 0 Å². The summed E-state index contributed by atoms with van der Waals surface area (Å²) in [5, 5.41) is 0. The third-order valence-electron chi connectivity index (χ3n) is 6.53. The molecule has 206 valence electrons. The molecule has 0 unspecified atom stereocenters. The molecule has 0 saturated heterocycles. The minimum atomic E-state index is -0.527. The third kappa shape index (κ3) is 6.22. The Balaban J connectivity index is 1.95. The van der Waals surface area contributed by atoms with Crippen molar-refractivity contribution in [3.05, 3.63) is 83.2 Å². The SMILES string of the molecule is COC(=O)c1cc(-c2cc(C(C)(C)C)ccn2)nc(-c2cc(C(=O)OC)cc(-c3cc(C(C)(C)C)ccn3)n2)c1. The van der Waals surface area contributed by atoms with Crippen LogP contribution in [0.25, 0.3) is 34.2 Å². The number of pyridine rings is 4. The zero-order valence-electron chi connectivity index (χ0n) is 24.2. The largest absolute Gasteiger partial charge is 0.465 e. The standard InChI is InChI=1S/C32H34N4O4/c1-31(2,3)21-9-11-33-23(17-21)25-13-19(29(37)39-7)15-27(35-25)28-16-20(30(38)40-8)14-26(36-28)24-18-22(10-12-34-24)32(4,5)6/h9-18H,1-8H3. The van der Waals surface area contributed by atoms with Crippen molar-refractivity contribution in [2.24, 2.45) is 0 Å². The quantitative estimate of drug-likeness (QED) is 0.268. The van der Waals surface area contributed by atoms with Crippen LogP contribution in [0, 0.1) is 0 Å². The Labute approximate surface area is 234 Å². The van der Waals surface area contributed by atoms with Crippen molar-refractivity contribution in [2.75, 3.05) is 14.2 Å². The van der Waals surface area contributed by atoms with E-state index in [1.54, 1.807) is 36.7 Å². The summed E-state index contributed by atoms with van der Waals surface area (Å²) in [6.07, 6.45) is 3.45. The lowest BCUT2D eigenvalue weighted by Crippen LogP contribution is -2.12. The molecule has 0 aromatic carbocycles. The normalized spacial score (nSPS) is 11.7. The van der Waals surface area contributed by atoms with E-state index in [1.165, 1.54) is 14.2 Å². The summed E-state index contributed by atoms with van der Waals surface area (Å²) >= 11 is 0. The summed E-state index contributed by atoms with van der Waals surface area (Å²) in [5.41, 5.74) is 5.39. The van der Waals surface area contributed by atoms with Gasteiger partial charge in [-0.3, -0.25) is 9.97 Å². The zero-order chi connectivity index (χ0) is 29.2. The van der Waals surface area contributed by atoms with E-state index in [0.29, 0.717) is 34.2 Å². The molecular formula is C32H34N4O4. The first-order valence-electron chi connectivity index (χ1n) is 12.9. The van der Waals surface area contributed by atoms with Crippen LogP contribution >= 0.6 is 0 Å². The molecule has 0 N–H and O–H groups in total. The van der Waals surface area contributed by atoms with Crippen LogP contribution in [0.4, 0.5) is 0 Å². The molecule has 4 heterocycles. The van der Waals surface area contributed by atoms with E-state index in [4.69, 9.17) is 19.4 Å². The maximum absolute atomic E-state index is 12.7. The molecule has 0 aliphatic rings. The Morgan fingerprint density at radius 1 is 0.550 bits per heavy atom. The van der Waals surface area contributed by atoms with E-state index in [0.717, 1.165) is 11.1 Å². The second-order valence-corrected chi connectivity index (χ2v) is 11.6. The van der Waals surface area contributed by atoms with Gasteiger partial charge in [-0.05, 0) is 70.5 Å². The fourth-order valence-electron chi connectivity index (χ4n) is 4.13. The topological polar surface area (TPSA) is 104 Å². The predicted octanol–water partition coefficient (Wildman–Crippen LogP) is 6.44. The number of carbonyl (C=O) groups excluding carboxylic acids is 2. The van der Waals surface area contributed by atoms with Crippen molar-refractivity contribution in [1.82, 2.24) is 19.9 Å². The van der Waals surface area contributed by atoms with Crippen LogP contribution in [0.15, 0.2) is 60.9 Å². The van der Waals surface area contributed by atoms with E-state index < -0.39 is 11.9 Å². The molecule has 0 amide bonds. The van der Waals surface area contributed by atoms with Crippen molar-refractivity contribution < 1.29 is 19.1 Å². The maximum atomic E-state index is 12.7. The average Bonchev–Trinajstić information content (AvgIpc) is 2.95. The lowest BCUT2D eigenvalue weighted by molar-refractivity contribution is 0.0591. The molecule has 0 saturated carbocycles. The second kappa shape index (κ2) is 11.0. The highest BCUT2D eigenvalue weighted by atomic mass is 16.5. The number of ether oxygens (including phenoxy) is 2. The lowest BCUT2D eigenvalue weighted by atomic mass is 9.87. The van der Waals surface area contributed by atoms with Gasteiger partial charge in [-0.1, -0.05) is 41.5 Å². The van der Waals surface area contributed by atoms with Crippen LogP contribution in [0.2, 0.25) is 0 Å². The minimum Gasteiger partial charge on any atom is -0.465 e. The molecule has 0 fully saturated rings. The first kappa shape index (κ1) is 28.5. The summed E-state index contributed by atoms with van der Waals surface area (Å²) in [5.74, 6) is -1.05. The van der Waals surface area contributed by atoms with Crippen molar-refractivity contribution in [1.29, 1.82) is 0 Å². The molecule has 0 aliphatic heterocycles. The zero-order valence-corrected chi connectivity index (χ0v) is 24.2. The van der Waals surface area contributed by atoms with Gasteiger partial charge in [0, 0.05) is 12.4 Å².